The van der Waals surface area contributed by atoms with Gasteiger partial charge >= 0.3 is 0 Å². The first-order chi connectivity index (χ1) is 17.8. The minimum Gasteiger partial charge on any atom is -0.370 e. The number of fused-ring (bicyclic) bond motifs is 1. The van der Waals surface area contributed by atoms with E-state index >= 15 is 0 Å². The van der Waals surface area contributed by atoms with E-state index in [9.17, 15) is 9.90 Å². The van der Waals surface area contributed by atoms with E-state index in [-0.39, 0.29) is 18.5 Å². The highest BCUT2D eigenvalue weighted by atomic mass is 16.3. The number of nitrogens with zero attached hydrogens (tertiary/aromatic N) is 3. The molecule has 0 spiro atoms. The number of hydrogen-bond acceptors (Lipinski definition) is 5. The van der Waals surface area contributed by atoms with Crippen LogP contribution in [0.25, 0.3) is 22.2 Å². The van der Waals surface area contributed by atoms with E-state index in [1.165, 1.54) is 0 Å². The molecule has 1 aliphatic rings. The van der Waals surface area contributed by atoms with Crippen LogP contribution in [0, 0.1) is 6.92 Å². The van der Waals surface area contributed by atoms with Gasteiger partial charge in [0.2, 0.25) is 0 Å². The Balaban J connectivity index is 1.49. The number of hydrogen-bond donors (Lipinski definition) is 3. The van der Waals surface area contributed by atoms with Crippen LogP contribution >= 0.6 is 0 Å². The molecule has 0 radical (unpaired) electrons. The number of benzene rings is 2. The van der Waals surface area contributed by atoms with Gasteiger partial charge < -0.3 is 20.3 Å². The first-order valence-corrected chi connectivity index (χ1v) is 12.4. The number of carbonyl (C=O) groups is 1. The Morgan fingerprint density at radius 3 is 2.70 bits per heavy atom. The highest BCUT2D eigenvalue weighted by Crippen LogP contribution is 2.33. The van der Waals surface area contributed by atoms with Gasteiger partial charge in [-0.1, -0.05) is 36.4 Å². The molecule has 0 aliphatic carbocycles. The van der Waals surface area contributed by atoms with E-state index in [1.807, 2.05) is 63.2 Å². The summed E-state index contributed by atoms with van der Waals surface area (Å²) in [4.78, 5) is 21.9. The van der Waals surface area contributed by atoms with E-state index in [0.29, 0.717) is 5.56 Å². The van der Waals surface area contributed by atoms with Gasteiger partial charge in [0.05, 0.1) is 17.3 Å². The lowest BCUT2D eigenvalue weighted by atomic mass is 10.0. The second-order valence-corrected chi connectivity index (χ2v) is 9.51. The Morgan fingerprint density at radius 2 is 1.95 bits per heavy atom. The van der Waals surface area contributed by atoms with E-state index < -0.39 is 6.23 Å². The molecule has 0 bridgehead atoms. The smallest absolute Gasteiger partial charge is 0.253 e. The fourth-order valence-electron chi connectivity index (χ4n) is 5.22. The minimum absolute atomic E-state index is 0.0179. The van der Waals surface area contributed by atoms with Crippen LogP contribution in [0.3, 0.4) is 0 Å². The second kappa shape index (κ2) is 10.0. The van der Waals surface area contributed by atoms with E-state index in [0.717, 1.165) is 50.3 Å². The van der Waals surface area contributed by atoms with Gasteiger partial charge in [0.25, 0.3) is 5.91 Å². The number of aliphatic hydroxyl groups is 1. The Labute approximate surface area is 216 Å². The summed E-state index contributed by atoms with van der Waals surface area (Å²) in [6.07, 6.45) is 4.46. The van der Waals surface area contributed by atoms with E-state index in [2.05, 4.69) is 50.3 Å². The van der Waals surface area contributed by atoms with Crippen molar-refractivity contribution in [1.29, 1.82) is 0 Å². The van der Waals surface area contributed by atoms with Crippen LogP contribution in [0.4, 0.5) is 0 Å². The summed E-state index contributed by atoms with van der Waals surface area (Å²) in [5, 5.41) is 17.4. The molecule has 1 aliphatic heterocycles. The van der Waals surface area contributed by atoms with Gasteiger partial charge in [-0.2, -0.15) is 0 Å². The van der Waals surface area contributed by atoms with Crippen molar-refractivity contribution in [2.45, 2.75) is 40.0 Å². The summed E-state index contributed by atoms with van der Waals surface area (Å²) in [5.74, 6) is -0.159. The predicted molar refractivity (Wildman–Crippen MR) is 146 cm³/mol. The molecule has 4 aromatic rings. The number of aromatic nitrogens is 3. The van der Waals surface area contributed by atoms with Crippen LogP contribution in [0.1, 0.15) is 48.4 Å². The molecular formula is C30H31N5O2. The third-order valence-electron chi connectivity index (χ3n) is 7.09. The number of allylic oxidation sites excluding steroid dienone is 3. The molecule has 2 unspecified atom stereocenters. The zero-order valence-electron chi connectivity index (χ0n) is 21.5. The molecular weight excluding hydrogens is 462 g/mol. The zero-order valence-corrected chi connectivity index (χ0v) is 21.5. The van der Waals surface area contributed by atoms with Gasteiger partial charge in [-0.3, -0.25) is 4.79 Å². The standard InChI is InChI=1S/C30H31N5O2/c1-18-14-19(2)34-29(36)25(18)16-32-30(37)28-21(4)35(27-11-6-5-10-24(27)28)20(3)22-8-7-9-23(15-22)26-12-13-31-17-33-26/h5-15,17,20,29,34,36H,16H2,1-4H3,(H,32,37). The van der Waals surface area contributed by atoms with Crippen LogP contribution < -0.4 is 10.6 Å². The SMILES string of the molecule is CC1=CC(C)=C(CNC(=O)c2c(C)n(C(C)c3cccc(-c4ccncn4)c3)c3ccccc23)C(O)N1. The first kappa shape index (κ1) is 24.5. The average Bonchev–Trinajstić information content (AvgIpc) is 3.19. The quantitative estimate of drug-likeness (QED) is 0.356. The van der Waals surface area contributed by atoms with Crippen molar-refractivity contribution < 1.29 is 9.90 Å². The fraction of sp³-hybridized carbons (Fsp3) is 0.233. The molecule has 0 saturated carbocycles. The van der Waals surface area contributed by atoms with Crippen molar-refractivity contribution in [2.75, 3.05) is 6.54 Å². The fourth-order valence-corrected chi connectivity index (χ4v) is 5.22. The van der Waals surface area contributed by atoms with Gasteiger partial charge in [-0.15, -0.1) is 0 Å². The summed E-state index contributed by atoms with van der Waals surface area (Å²) in [6.45, 7) is 8.26. The lowest BCUT2D eigenvalue weighted by molar-refractivity contribution is 0.0953. The molecule has 37 heavy (non-hydrogen) atoms. The van der Waals surface area contributed by atoms with Crippen LogP contribution in [0.15, 0.2) is 90.0 Å². The van der Waals surface area contributed by atoms with Crippen molar-refractivity contribution in [3.8, 4) is 11.3 Å². The summed E-state index contributed by atoms with van der Waals surface area (Å²) in [6, 6.07) is 18.2. The van der Waals surface area contributed by atoms with Gasteiger partial charge in [0.15, 0.2) is 0 Å². The highest BCUT2D eigenvalue weighted by Gasteiger charge is 2.24. The minimum atomic E-state index is -0.810. The molecule has 2 aromatic heterocycles. The number of amides is 1. The Hall–Kier alpha value is -4.23. The van der Waals surface area contributed by atoms with Gasteiger partial charge in [-0.25, -0.2) is 9.97 Å². The van der Waals surface area contributed by atoms with Crippen molar-refractivity contribution in [3.63, 3.8) is 0 Å². The van der Waals surface area contributed by atoms with Crippen LogP contribution in [0.2, 0.25) is 0 Å². The van der Waals surface area contributed by atoms with Crippen LogP contribution in [-0.4, -0.2) is 38.3 Å². The number of nitrogens with one attached hydrogen (secondary N) is 2. The Kier molecular flexibility index (Phi) is 6.63. The second-order valence-electron chi connectivity index (χ2n) is 9.51. The molecule has 188 valence electrons. The maximum Gasteiger partial charge on any atom is 0.253 e. The molecule has 5 rings (SSSR count). The molecule has 2 atom stereocenters. The molecule has 1 amide bonds. The first-order valence-electron chi connectivity index (χ1n) is 12.4. The predicted octanol–water partition coefficient (Wildman–Crippen LogP) is 4.89. The van der Waals surface area contributed by atoms with Crippen LogP contribution in [-0.2, 0) is 0 Å². The third-order valence-corrected chi connectivity index (χ3v) is 7.09. The lowest BCUT2D eigenvalue weighted by Gasteiger charge is -2.24. The van der Waals surface area contributed by atoms with Crippen molar-refractivity contribution in [3.05, 3.63) is 107 Å². The summed E-state index contributed by atoms with van der Waals surface area (Å²) in [7, 11) is 0. The maximum atomic E-state index is 13.5. The number of carbonyl (C=O) groups excluding carboxylic acids is 1. The third kappa shape index (κ3) is 4.66. The number of para-hydroxylation sites is 1. The molecule has 0 fully saturated rings. The van der Waals surface area contributed by atoms with Crippen molar-refractivity contribution in [1.82, 2.24) is 25.2 Å². The highest BCUT2D eigenvalue weighted by molar-refractivity contribution is 6.08. The Morgan fingerprint density at radius 1 is 1.14 bits per heavy atom. The number of dihydropyridines is 1. The van der Waals surface area contributed by atoms with E-state index in [4.69, 9.17) is 0 Å². The largest absolute Gasteiger partial charge is 0.370 e. The number of rotatable bonds is 6. The molecule has 2 aromatic carbocycles. The maximum absolute atomic E-state index is 13.5. The summed E-state index contributed by atoms with van der Waals surface area (Å²) >= 11 is 0. The summed E-state index contributed by atoms with van der Waals surface area (Å²) < 4.78 is 2.22. The normalized spacial score (nSPS) is 16.4. The lowest BCUT2D eigenvalue weighted by Crippen LogP contribution is -2.38. The van der Waals surface area contributed by atoms with Crippen LogP contribution in [0.5, 0.6) is 0 Å². The monoisotopic (exact) mass is 493 g/mol. The van der Waals surface area contributed by atoms with Crippen molar-refractivity contribution in [2.24, 2.45) is 0 Å². The molecule has 7 nitrogen and oxygen atoms in total. The van der Waals surface area contributed by atoms with Crippen molar-refractivity contribution >= 4 is 16.8 Å². The van der Waals surface area contributed by atoms with E-state index in [1.54, 1.807) is 12.5 Å². The van der Waals surface area contributed by atoms with Gasteiger partial charge in [0.1, 0.15) is 12.6 Å². The van der Waals surface area contributed by atoms with Gasteiger partial charge in [-0.05, 0) is 63.1 Å². The zero-order chi connectivity index (χ0) is 26.1. The Bertz CT molecular complexity index is 1530. The average molecular weight is 494 g/mol. The topological polar surface area (TPSA) is 92.1 Å². The van der Waals surface area contributed by atoms with Gasteiger partial charge in [0, 0.05) is 46.2 Å². The number of aliphatic hydroxyl groups excluding tert-OH is 1. The molecule has 3 heterocycles. The summed E-state index contributed by atoms with van der Waals surface area (Å²) in [5.41, 5.74) is 8.16. The molecule has 7 heteroatoms. The molecule has 3 N–H and O–H groups in total. The molecule has 0 saturated heterocycles.